The van der Waals surface area contributed by atoms with Crippen molar-refractivity contribution in [3.05, 3.63) is 46.2 Å². The number of nitrogens with zero attached hydrogens (tertiary/aromatic N) is 2. The van der Waals surface area contributed by atoms with Crippen LogP contribution in [0.4, 0.5) is 4.79 Å². The van der Waals surface area contributed by atoms with E-state index in [1.165, 1.54) is 0 Å². The van der Waals surface area contributed by atoms with Crippen LogP contribution in [0.15, 0.2) is 35.1 Å². The number of benzene rings is 1. The molecular weight excluding hydrogens is 420 g/mol. The molecule has 0 saturated carbocycles. The van der Waals surface area contributed by atoms with E-state index in [1.807, 2.05) is 51.1 Å². The van der Waals surface area contributed by atoms with Crippen LogP contribution in [0.25, 0.3) is 10.9 Å². The van der Waals surface area contributed by atoms with E-state index in [1.54, 1.807) is 9.47 Å². The van der Waals surface area contributed by atoms with Crippen LogP contribution in [0.5, 0.6) is 0 Å². The molecule has 1 amide bonds. The molecule has 1 aromatic carbocycles. The number of fused-ring (bicyclic) bond motifs is 1. The maximum atomic E-state index is 13.4. The van der Waals surface area contributed by atoms with Crippen molar-refractivity contribution in [2.75, 3.05) is 13.1 Å². The summed E-state index contributed by atoms with van der Waals surface area (Å²) < 4.78 is 12.5. The molecular formula is C26H36N2O5. The Balaban J connectivity index is 1.76. The van der Waals surface area contributed by atoms with Gasteiger partial charge in [-0.05, 0) is 63.5 Å². The van der Waals surface area contributed by atoms with Crippen LogP contribution in [0.1, 0.15) is 77.7 Å². The number of ether oxygens (including phenoxy) is 2. The third-order valence-corrected chi connectivity index (χ3v) is 5.96. The number of hydrogen-bond donors (Lipinski definition) is 0. The summed E-state index contributed by atoms with van der Waals surface area (Å²) >= 11 is 0. The van der Waals surface area contributed by atoms with Gasteiger partial charge >= 0.3 is 12.1 Å². The number of likely N-dealkylation sites (tertiary alicyclic amines) is 1. The standard InChI is InChI=1S/C26H36N2O5/c1-5-6-7-12-23(29)32-18-28-22-11-9-8-10-20(22)17-21(24(28)30)19-13-15-27(16-14-19)25(31)33-26(2,3)4/h8-11,17,19H,5-7,12-16,18H2,1-4H3. The number of rotatable bonds is 7. The molecule has 2 heterocycles. The first-order valence-electron chi connectivity index (χ1n) is 12.0. The van der Waals surface area contributed by atoms with Gasteiger partial charge in [-0.2, -0.15) is 0 Å². The lowest BCUT2D eigenvalue weighted by molar-refractivity contribution is -0.147. The van der Waals surface area contributed by atoms with Gasteiger partial charge in [0, 0.05) is 25.1 Å². The summed E-state index contributed by atoms with van der Waals surface area (Å²) in [5, 5.41) is 0.934. The number of amides is 1. The quantitative estimate of drug-likeness (QED) is 0.423. The number of aromatic nitrogens is 1. The van der Waals surface area contributed by atoms with E-state index in [9.17, 15) is 14.4 Å². The zero-order valence-corrected chi connectivity index (χ0v) is 20.3. The molecule has 0 bridgehead atoms. The lowest BCUT2D eigenvalue weighted by Crippen LogP contribution is -2.42. The van der Waals surface area contributed by atoms with E-state index in [2.05, 4.69) is 6.92 Å². The fourth-order valence-electron chi connectivity index (χ4n) is 4.20. The molecule has 0 spiro atoms. The van der Waals surface area contributed by atoms with E-state index < -0.39 is 5.60 Å². The predicted octanol–water partition coefficient (Wildman–Crippen LogP) is 5.20. The van der Waals surface area contributed by atoms with Gasteiger partial charge in [0.2, 0.25) is 0 Å². The number of esters is 1. The van der Waals surface area contributed by atoms with E-state index in [0.29, 0.717) is 37.9 Å². The van der Waals surface area contributed by atoms with Crippen molar-refractivity contribution in [1.82, 2.24) is 9.47 Å². The molecule has 0 radical (unpaired) electrons. The number of piperidine rings is 1. The Morgan fingerprint density at radius 3 is 2.45 bits per heavy atom. The Kier molecular flexibility index (Phi) is 8.16. The summed E-state index contributed by atoms with van der Waals surface area (Å²) in [6.45, 7) is 8.63. The lowest BCUT2D eigenvalue weighted by atomic mass is 9.89. The van der Waals surface area contributed by atoms with Crippen LogP contribution in [-0.4, -0.2) is 40.2 Å². The SMILES string of the molecule is CCCCCC(=O)OCn1c(=O)c(C2CCN(C(=O)OC(C)(C)C)CC2)cc2ccccc21. The molecule has 1 aliphatic heterocycles. The van der Waals surface area contributed by atoms with Gasteiger partial charge in [0.05, 0.1) is 5.52 Å². The maximum absolute atomic E-state index is 13.4. The molecule has 7 nitrogen and oxygen atoms in total. The molecule has 0 unspecified atom stereocenters. The highest BCUT2D eigenvalue weighted by atomic mass is 16.6. The normalized spacial score (nSPS) is 15.0. The second-order valence-electron chi connectivity index (χ2n) is 9.74. The summed E-state index contributed by atoms with van der Waals surface area (Å²) in [5.74, 6) is -0.247. The molecule has 3 rings (SSSR count). The van der Waals surface area contributed by atoms with Gasteiger partial charge in [-0.1, -0.05) is 38.0 Å². The van der Waals surface area contributed by atoms with Gasteiger partial charge in [-0.15, -0.1) is 0 Å². The van der Waals surface area contributed by atoms with Crippen LogP contribution in [0.3, 0.4) is 0 Å². The maximum Gasteiger partial charge on any atom is 0.410 e. The minimum Gasteiger partial charge on any atom is -0.444 e. The van der Waals surface area contributed by atoms with Crippen molar-refractivity contribution in [1.29, 1.82) is 0 Å². The van der Waals surface area contributed by atoms with E-state index >= 15 is 0 Å². The summed E-state index contributed by atoms with van der Waals surface area (Å²) in [5.41, 5.74) is 0.790. The molecule has 1 saturated heterocycles. The Morgan fingerprint density at radius 1 is 1.09 bits per heavy atom. The highest BCUT2D eigenvalue weighted by Crippen LogP contribution is 2.29. The molecule has 7 heteroatoms. The zero-order valence-electron chi connectivity index (χ0n) is 20.3. The third-order valence-electron chi connectivity index (χ3n) is 5.96. The summed E-state index contributed by atoms with van der Waals surface area (Å²) in [4.78, 5) is 39.7. The Morgan fingerprint density at radius 2 is 1.79 bits per heavy atom. The van der Waals surface area contributed by atoms with E-state index in [4.69, 9.17) is 9.47 Å². The van der Waals surface area contributed by atoms with E-state index in [0.717, 1.165) is 30.2 Å². The first kappa shape index (κ1) is 24.8. The smallest absolute Gasteiger partial charge is 0.410 e. The van der Waals surface area contributed by atoms with Gasteiger partial charge in [-0.3, -0.25) is 14.2 Å². The molecule has 0 N–H and O–H groups in total. The van der Waals surface area contributed by atoms with Crippen molar-refractivity contribution in [3.63, 3.8) is 0 Å². The summed E-state index contributed by atoms with van der Waals surface area (Å²) in [6.07, 6.45) is 4.23. The van der Waals surface area contributed by atoms with Crippen molar-refractivity contribution in [3.8, 4) is 0 Å². The Hall–Kier alpha value is -2.83. The Labute approximate surface area is 195 Å². The fraction of sp³-hybridized carbons (Fsp3) is 0.577. The number of pyridine rings is 1. The largest absolute Gasteiger partial charge is 0.444 e. The first-order chi connectivity index (χ1) is 15.7. The molecule has 0 aliphatic carbocycles. The molecule has 2 aromatic rings. The number of carbonyl (C=O) groups excluding carboxylic acids is 2. The van der Waals surface area contributed by atoms with Crippen LogP contribution < -0.4 is 5.56 Å². The molecule has 1 fully saturated rings. The molecule has 1 aliphatic rings. The van der Waals surface area contributed by atoms with Crippen LogP contribution in [0.2, 0.25) is 0 Å². The van der Waals surface area contributed by atoms with Crippen molar-refractivity contribution in [2.45, 2.75) is 84.5 Å². The van der Waals surface area contributed by atoms with Gasteiger partial charge < -0.3 is 14.4 Å². The second-order valence-corrected chi connectivity index (χ2v) is 9.74. The van der Waals surface area contributed by atoms with Gasteiger partial charge in [0.1, 0.15) is 5.60 Å². The second kappa shape index (κ2) is 10.9. The number of carbonyl (C=O) groups is 2. The highest BCUT2D eigenvalue weighted by molar-refractivity contribution is 5.80. The minimum absolute atomic E-state index is 0.0345. The van der Waals surface area contributed by atoms with Crippen molar-refractivity contribution >= 4 is 23.0 Å². The fourth-order valence-corrected chi connectivity index (χ4v) is 4.20. The van der Waals surface area contributed by atoms with Crippen LogP contribution >= 0.6 is 0 Å². The minimum atomic E-state index is -0.534. The molecule has 1 aromatic heterocycles. The highest BCUT2D eigenvalue weighted by Gasteiger charge is 2.29. The molecule has 180 valence electrons. The monoisotopic (exact) mass is 456 g/mol. The van der Waals surface area contributed by atoms with Crippen molar-refractivity contribution < 1.29 is 19.1 Å². The number of hydrogen-bond acceptors (Lipinski definition) is 5. The van der Waals surface area contributed by atoms with Gasteiger partial charge in [-0.25, -0.2) is 4.79 Å². The molecule has 33 heavy (non-hydrogen) atoms. The Bertz CT molecular complexity index is 1030. The van der Waals surface area contributed by atoms with E-state index in [-0.39, 0.29) is 30.3 Å². The summed E-state index contributed by atoms with van der Waals surface area (Å²) in [7, 11) is 0. The predicted molar refractivity (Wildman–Crippen MR) is 128 cm³/mol. The molecule has 0 atom stereocenters. The zero-order chi connectivity index (χ0) is 24.0. The number of para-hydroxylation sites is 1. The van der Waals surface area contributed by atoms with Crippen LogP contribution in [0, 0.1) is 0 Å². The first-order valence-corrected chi connectivity index (χ1v) is 12.0. The van der Waals surface area contributed by atoms with Crippen LogP contribution in [-0.2, 0) is 21.0 Å². The number of unbranched alkanes of at least 4 members (excludes halogenated alkanes) is 2. The van der Waals surface area contributed by atoms with Gasteiger partial charge in [0.15, 0.2) is 6.73 Å². The topological polar surface area (TPSA) is 77.8 Å². The van der Waals surface area contributed by atoms with Gasteiger partial charge in [0.25, 0.3) is 5.56 Å². The summed E-state index contributed by atoms with van der Waals surface area (Å²) in [6, 6.07) is 9.60. The van der Waals surface area contributed by atoms with Crippen molar-refractivity contribution in [2.24, 2.45) is 0 Å². The average Bonchev–Trinajstić information content (AvgIpc) is 2.77. The lowest BCUT2D eigenvalue weighted by Gasteiger charge is -2.33. The average molecular weight is 457 g/mol. The third kappa shape index (κ3) is 6.59.